The van der Waals surface area contributed by atoms with Gasteiger partial charge in [0.15, 0.2) is 5.82 Å². The van der Waals surface area contributed by atoms with Gasteiger partial charge in [0.1, 0.15) is 5.69 Å². The molecule has 0 aliphatic rings. The molecule has 0 aliphatic carbocycles. The second-order valence-corrected chi connectivity index (χ2v) is 7.04. The van der Waals surface area contributed by atoms with Crippen molar-refractivity contribution in [2.45, 2.75) is 26.8 Å². The summed E-state index contributed by atoms with van der Waals surface area (Å²) in [7, 11) is 0. The first-order valence-electron chi connectivity index (χ1n) is 7.84. The van der Waals surface area contributed by atoms with E-state index in [2.05, 4.69) is 20.3 Å². The number of thiophene rings is 1. The second-order valence-electron chi connectivity index (χ2n) is 5.78. The molecule has 0 bridgehead atoms. The molecule has 0 saturated carbocycles. The summed E-state index contributed by atoms with van der Waals surface area (Å²) in [6.45, 7) is 5.76. The van der Waals surface area contributed by atoms with Crippen LogP contribution in [0.3, 0.4) is 0 Å². The third-order valence-electron chi connectivity index (χ3n) is 3.85. The number of aromatic amines is 1. The lowest BCUT2D eigenvalue weighted by Crippen LogP contribution is -2.28. The summed E-state index contributed by atoms with van der Waals surface area (Å²) in [5.74, 6) is 0.210. The summed E-state index contributed by atoms with van der Waals surface area (Å²) in [5, 5.41) is 2.89. The Bertz CT molecular complexity index is 943. The molecule has 0 unspecified atom stereocenters. The molecule has 25 heavy (non-hydrogen) atoms. The number of amides is 1. The summed E-state index contributed by atoms with van der Waals surface area (Å²) in [6.07, 6.45) is 1.63. The van der Waals surface area contributed by atoms with Crippen molar-refractivity contribution in [1.82, 2.24) is 20.3 Å². The molecule has 7 heteroatoms. The third-order valence-corrected chi connectivity index (χ3v) is 5.00. The summed E-state index contributed by atoms with van der Waals surface area (Å²) in [4.78, 5) is 37.4. The van der Waals surface area contributed by atoms with Crippen molar-refractivity contribution >= 4 is 17.2 Å². The van der Waals surface area contributed by atoms with Gasteiger partial charge in [-0.15, -0.1) is 11.3 Å². The lowest BCUT2D eigenvalue weighted by Gasteiger charge is -2.13. The minimum absolute atomic E-state index is 0.171. The lowest BCUT2D eigenvalue weighted by atomic mass is 10.2. The quantitative estimate of drug-likeness (QED) is 0.754. The van der Waals surface area contributed by atoms with Gasteiger partial charge >= 0.3 is 0 Å². The van der Waals surface area contributed by atoms with Crippen molar-refractivity contribution in [3.05, 3.63) is 67.9 Å². The zero-order valence-corrected chi connectivity index (χ0v) is 15.0. The van der Waals surface area contributed by atoms with Gasteiger partial charge in [-0.3, -0.25) is 14.6 Å². The molecule has 6 nitrogen and oxygen atoms in total. The summed E-state index contributed by atoms with van der Waals surface area (Å²) >= 11 is 1.45. The largest absolute Gasteiger partial charge is 0.343 e. The average molecular weight is 354 g/mol. The SMILES string of the molecule is Cc1cc(C(=O)N[C@H](C)c2cc(=O)[nH]c(-c3ccccn3)n2)sc1C. The van der Waals surface area contributed by atoms with Gasteiger partial charge < -0.3 is 10.3 Å². The maximum atomic E-state index is 12.4. The van der Waals surface area contributed by atoms with E-state index in [0.29, 0.717) is 22.1 Å². The molecule has 0 spiro atoms. The van der Waals surface area contributed by atoms with E-state index < -0.39 is 6.04 Å². The highest BCUT2D eigenvalue weighted by atomic mass is 32.1. The molecule has 0 radical (unpaired) electrons. The minimum atomic E-state index is -0.403. The predicted molar refractivity (Wildman–Crippen MR) is 97.8 cm³/mol. The molecule has 1 atom stereocenters. The van der Waals surface area contributed by atoms with Crippen molar-refractivity contribution in [2.75, 3.05) is 0 Å². The number of hydrogen-bond acceptors (Lipinski definition) is 5. The Labute approximate surface area is 149 Å². The van der Waals surface area contributed by atoms with Crippen LogP contribution in [0.2, 0.25) is 0 Å². The molecule has 3 aromatic rings. The molecule has 3 heterocycles. The van der Waals surface area contributed by atoms with Gasteiger partial charge in [-0.1, -0.05) is 6.07 Å². The van der Waals surface area contributed by atoms with Crippen LogP contribution in [0.15, 0.2) is 41.3 Å². The van der Waals surface area contributed by atoms with Gasteiger partial charge in [0.05, 0.1) is 16.6 Å². The van der Waals surface area contributed by atoms with E-state index in [-0.39, 0.29) is 11.5 Å². The van der Waals surface area contributed by atoms with E-state index in [1.165, 1.54) is 17.4 Å². The standard InChI is InChI=1S/C18H18N4O2S/c1-10-8-15(25-12(10)3)18(24)20-11(2)14-9-16(23)22-17(21-14)13-6-4-5-7-19-13/h4-9,11H,1-3H3,(H,20,24)(H,21,22,23)/t11-/m1/s1. The Morgan fingerprint density at radius 3 is 2.72 bits per heavy atom. The number of nitrogens with one attached hydrogen (secondary N) is 2. The number of aromatic nitrogens is 3. The molecule has 3 aromatic heterocycles. The van der Waals surface area contributed by atoms with Crippen molar-refractivity contribution in [3.63, 3.8) is 0 Å². The Morgan fingerprint density at radius 1 is 1.28 bits per heavy atom. The Morgan fingerprint density at radius 2 is 2.08 bits per heavy atom. The van der Waals surface area contributed by atoms with Gasteiger partial charge in [0.2, 0.25) is 0 Å². The number of H-pyrrole nitrogens is 1. The van der Waals surface area contributed by atoms with Crippen LogP contribution < -0.4 is 10.9 Å². The van der Waals surface area contributed by atoms with Crippen LogP contribution in [-0.2, 0) is 0 Å². The highest BCUT2D eigenvalue weighted by molar-refractivity contribution is 7.14. The maximum Gasteiger partial charge on any atom is 0.261 e. The van der Waals surface area contributed by atoms with Crippen molar-refractivity contribution < 1.29 is 4.79 Å². The number of rotatable bonds is 4. The molecular weight excluding hydrogens is 336 g/mol. The Balaban J connectivity index is 1.85. The topological polar surface area (TPSA) is 87.7 Å². The molecule has 3 rings (SSSR count). The number of carbonyl (C=O) groups excluding carboxylic acids is 1. The van der Waals surface area contributed by atoms with E-state index in [4.69, 9.17) is 0 Å². The Hall–Kier alpha value is -2.80. The number of pyridine rings is 1. The molecule has 0 aromatic carbocycles. The lowest BCUT2D eigenvalue weighted by molar-refractivity contribution is 0.0943. The number of hydrogen-bond donors (Lipinski definition) is 2. The summed E-state index contributed by atoms with van der Waals surface area (Å²) in [5.41, 5.74) is 1.87. The first-order valence-corrected chi connectivity index (χ1v) is 8.66. The van der Waals surface area contributed by atoms with E-state index in [0.717, 1.165) is 10.4 Å². The second kappa shape index (κ2) is 6.98. The molecule has 128 valence electrons. The smallest absolute Gasteiger partial charge is 0.261 e. The Kier molecular flexibility index (Phi) is 4.76. The molecule has 0 fully saturated rings. The van der Waals surface area contributed by atoms with E-state index in [9.17, 15) is 9.59 Å². The average Bonchev–Trinajstić information content (AvgIpc) is 2.94. The minimum Gasteiger partial charge on any atom is -0.343 e. The molecule has 2 N–H and O–H groups in total. The highest BCUT2D eigenvalue weighted by Gasteiger charge is 2.16. The van der Waals surface area contributed by atoms with Crippen molar-refractivity contribution in [1.29, 1.82) is 0 Å². The van der Waals surface area contributed by atoms with Gasteiger partial charge in [-0.2, -0.15) is 0 Å². The number of carbonyl (C=O) groups is 1. The van der Waals surface area contributed by atoms with Gasteiger partial charge in [-0.25, -0.2) is 4.98 Å². The van der Waals surface area contributed by atoms with E-state index >= 15 is 0 Å². The van der Waals surface area contributed by atoms with Crippen LogP contribution in [-0.4, -0.2) is 20.9 Å². The zero-order valence-electron chi connectivity index (χ0n) is 14.2. The zero-order chi connectivity index (χ0) is 18.0. The normalized spacial score (nSPS) is 12.0. The van der Waals surface area contributed by atoms with Crippen molar-refractivity contribution in [3.8, 4) is 11.5 Å². The van der Waals surface area contributed by atoms with Gasteiger partial charge in [-0.05, 0) is 44.5 Å². The first kappa shape index (κ1) is 17.0. The van der Waals surface area contributed by atoms with E-state index in [1.54, 1.807) is 25.3 Å². The summed E-state index contributed by atoms with van der Waals surface area (Å²) < 4.78 is 0. The van der Waals surface area contributed by atoms with Gasteiger partial charge in [0.25, 0.3) is 11.5 Å². The monoisotopic (exact) mass is 354 g/mol. The van der Waals surface area contributed by atoms with Crippen LogP contribution in [0.4, 0.5) is 0 Å². The van der Waals surface area contributed by atoms with Crippen LogP contribution in [0.1, 0.15) is 38.8 Å². The molecule has 0 aliphatic heterocycles. The van der Waals surface area contributed by atoms with Crippen LogP contribution in [0, 0.1) is 13.8 Å². The molecule has 1 amide bonds. The maximum absolute atomic E-state index is 12.4. The van der Waals surface area contributed by atoms with Gasteiger partial charge in [0, 0.05) is 17.1 Å². The van der Waals surface area contributed by atoms with Crippen LogP contribution in [0.5, 0.6) is 0 Å². The highest BCUT2D eigenvalue weighted by Crippen LogP contribution is 2.21. The fourth-order valence-corrected chi connectivity index (χ4v) is 3.29. The van der Waals surface area contributed by atoms with E-state index in [1.807, 2.05) is 26.0 Å². The molecular formula is C18H18N4O2S. The first-order chi connectivity index (χ1) is 11.9. The molecule has 0 saturated heterocycles. The predicted octanol–water partition coefficient (Wildman–Crippen LogP) is 3.00. The van der Waals surface area contributed by atoms with Crippen LogP contribution >= 0.6 is 11.3 Å². The van der Waals surface area contributed by atoms with Crippen molar-refractivity contribution in [2.24, 2.45) is 0 Å². The fourth-order valence-electron chi connectivity index (χ4n) is 2.35. The number of aryl methyl sites for hydroxylation is 2. The number of nitrogens with zero attached hydrogens (tertiary/aromatic N) is 2. The fraction of sp³-hybridized carbons (Fsp3) is 0.222. The summed E-state index contributed by atoms with van der Waals surface area (Å²) in [6, 6.07) is 8.23. The third kappa shape index (κ3) is 3.83. The van der Waals surface area contributed by atoms with Crippen LogP contribution in [0.25, 0.3) is 11.5 Å².